The van der Waals surface area contributed by atoms with E-state index >= 15 is 0 Å². The van der Waals surface area contributed by atoms with Crippen LogP contribution < -0.4 is 4.74 Å². The lowest BCUT2D eigenvalue weighted by atomic mass is 9.74. The molecule has 40 heavy (non-hydrogen) atoms. The number of esters is 1. The Morgan fingerprint density at radius 1 is 1.07 bits per heavy atom. The van der Waals surface area contributed by atoms with Gasteiger partial charge in [0.15, 0.2) is 0 Å². The number of ether oxygens (including phenoxy) is 2. The minimum Gasteiger partial charge on any atom is -0.497 e. The number of fused-ring (bicyclic) bond motifs is 1. The fraction of sp³-hybridized carbons (Fsp3) is 0.529. The molecule has 5 nitrogen and oxygen atoms in total. The molecular weight excluding hydrogens is 520 g/mol. The van der Waals surface area contributed by atoms with E-state index < -0.39 is 5.41 Å². The van der Waals surface area contributed by atoms with E-state index in [9.17, 15) is 4.79 Å². The molecule has 0 unspecified atom stereocenters. The molecule has 1 aromatic heterocycles. The standard InChI is InChI=1S/C34H43ClN2O3/c1-39-28-14-15-32-30(23-28)29(31(35)24-36-32)13-8-17-34(33(38)40-25-27-11-6-3-7-12-27)18-21-37(22-19-34)20-16-26-9-4-2-5-10-26/h3,6-7,11-12,14-15,23-24,26H,2,4-5,8-10,13,16-22,25H2,1H3. The summed E-state index contributed by atoms with van der Waals surface area (Å²) < 4.78 is 11.4. The molecule has 2 aliphatic rings. The molecule has 1 saturated carbocycles. The molecule has 0 N–H and O–H groups in total. The largest absolute Gasteiger partial charge is 0.497 e. The lowest BCUT2D eigenvalue weighted by Crippen LogP contribution is -2.45. The highest BCUT2D eigenvalue weighted by Gasteiger charge is 2.42. The molecule has 0 bridgehead atoms. The van der Waals surface area contributed by atoms with Gasteiger partial charge in [-0.25, -0.2) is 0 Å². The van der Waals surface area contributed by atoms with Crippen molar-refractivity contribution in [2.75, 3.05) is 26.7 Å². The van der Waals surface area contributed by atoms with Gasteiger partial charge >= 0.3 is 5.97 Å². The predicted molar refractivity (Wildman–Crippen MR) is 162 cm³/mol. The average Bonchev–Trinajstić information content (AvgIpc) is 3.01. The lowest BCUT2D eigenvalue weighted by Gasteiger charge is -2.40. The highest BCUT2D eigenvalue weighted by molar-refractivity contribution is 6.32. The minimum absolute atomic E-state index is 0.0457. The van der Waals surface area contributed by atoms with Crippen LogP contribution in [0.3, 0.4) is 0 Å². The molecule has 0 radical (unpaired) electrons. The number of aryl methyl sites for hydroxylation is 1. The number of methoxy groups -OCH3 is 1. The first-order valence-electron chi connectivity index (χ1n) is 15.1. The van der Waals surface area contributed by atoms with E-state index in [1.807, 2.05) is 48.5 Å². The maximum absolute atomic E-state index is 13.7. The number of rotatable bonds is 11. The number of benzene rings is 2. The quantitative estimate of drug-likeness (QED) is 0.221. The van der Waals surface area contributed by atoms with Crippen LogP contribution in [0.5, 0.6) is 5.75 Å². The van der Waals surface area contributed by atoms with Crippen LogP contribution in [0.2, 0.25) is 5.02 Å². The number of pyridine rings is 1. The zero-order chi connectivity index (χ0) is 27.8. The Morgan fingerprint density at radius 2 is 1.85 bits per heavy atom. The normalized spacial score (nSPS) is 18.1. The van der Waals surface area contributed by atoms with Gasteiger partial charge in [-0.3, -0.25) is 9.78 Å². The Labute approximate surface area is 244 Å². The molecule has 0 spiro atoms. The Balaban J connectivity index is 1.25. The molecule has 2 aromatic carbocycles. The van der Waals surface area contributed by atoms with Gasteiger partial charge in [0.05, 0.1) is 23.1 Å². The number of piperidine rings is 1. The summed E-state index contributed by atoms with van der Waals surface area (Å²) in [4.78, 5) is 20.8. The molecule has 0 atom stereocenters. The number of halogens is 1. The summed E-state index contributed by atoms with van der Waals surface area (Å²) >= 11 is 6.65. The van der Waals surface area contributed by atoms with Gasteiger partial charge in [0.25, 0.3) is 0 Å². The van der Waals surface area contributed by atoms with Crippen molar-refractivity contribution >= 4 is 28.5 Å². The van der Waals surface area contributed by atoms with Crippen LogP contribution in [0, 0.1) is 11.3 Å². The molecule has 214 valence electrons. The van der Waals surface area contributed by atoms with Crippen LogP contribution in [0.15, 0.2) is 54.7 Å². The number of nitrogens with zero attached hydrogens (tertiary/aromatic N) is 2. The fourth-order valence-electron chi connectivity index (χ4n) is 6.66. The third kappa shape index (κ3) is 7.16. The predicted octanol–water partition coefficient (Wildman–Crippen LogP) is 8.02. The summed E-state index contributed by atoms with van der Waals surface area (Å²) in [6.45, 7) is 3.40. The maximum atomic E-state index is 13.7. The van der Waals surface area contributed by atoms with Crippen molar-refractivity contribution < 1.29 is 14.3 Å². The van der Waals surface area contributed by atoms with E-state index in [1.165, 1.54) is 38.5 Å². The SMILES string of the molecule is COc1ccc2ncc(Cl)c(CCCC3(C(=O)OCc4ccccc4)CCN(CCC4CCCCC4)CC3)c2c1. The molecular formula is C34H43ClN2O3. The number of carbonyl (C=O) groups excluding carboxylic acids is 1. The number of aromatic nitrogens is 1. The second kappa shape index (κ2) is 13.8. The van der Waals surface area contributed by atoms with Crippen molar-refractivity contribution in [1.82, 2.24) is 9.88 Å². The van der Waals surface area contributed by atoms with Crippen LogP contribution in [0.25, 0.3) is 10.9 Å². The lowest BCUT2D eigenvalue weighted by molar-refractivity contribution is -0.161. The van der Waals surface area contributed by atoms with Gasteiger partial charge < -0.3 is 14.4 Å². The van der Waals surface area contributed by atoms with E-state index in [4.69, 9.17) is 21.1 Å². The van der Waals surface area contributed by atoms with E-state index in [-0.39, 0.29) is 5.97 Å². The van der Waals surface area contributed by atoms with Crippen molar-refractivity contribution in [3.05, 3.63) is 70.9 Å². The molecule has 5 rings (SSSR count). The highest BCUT2D eigenvalue weighted by Crippen LogP contribution is 2.40. The average molecular weight is 563 g/mol. The van der Waals surface area contributed by atoms with Crippen LogP contribution in [0.1, 0.15) is 75.3 Å². The number of hydrogen-bond acceptors (Lipinski definition) is 5. The van der Waals surface area contributed by atoms with Crippen molar-refractivity contribution in [1.29, 1.82) is 0 Å². The number of likely N-dealkylation sites (tertiary alicyclic amines) is 1. The summed E-state index contributed by atoms with van der Waals surface area (Å²) in [5, 5.41) is 1.68. The summed E-state index contributed by atoms with van der Waals surface area (Å²) in [6, 6.07) is 15.9. The molecule has 1 aliphatic carbocycles. The number of hydrogen-bond donors (Lipinski definition) is 0. The Morgan fingerprint density at radius 3 is 2.60 bits per heavy atom. The topological polar surface area (TPSA) is 51.7 Å². The Hall–Kier alpha value is -2.63. The van der Waals surface area contributed by atoms with Gasteiger partial charge in [-0.05, 0) is 93.4 Å². The summed E-state index contributed by atoms with van der Waals surface area (Å²) in [5.41, 5.74) is 2.55. The summed E-state index contributed by atoms with van der Waals surface area (Å²) in [7, 11) is 1.67. The van der Waals surface area contributed by atoms with Gasteiger partial charge in [-0.2, -0.15) is 0 Å². The molecule has 2 fully saturated rings. The van der Waals surface area contributed by atoms with E-state index in [0.29, 0.717) is 11.6 Å². The van der Waals surface area contributed by atoms with Crippen molar-refractivity contribution in [3.8, 4) is 5.75 Å². The smallest absolute Gasteiger partial charge is 0.312 e. The molecule has 0 amide bonds. The fourth-order valence-corrected chi connectivity index (χ4v) is 6.91. The zero-order valence-corrected chi connectivity index (χ0v) is 24.6. The first kappa shape index (κ1) is 28.9. The van der Waals surface area contributed by atoms with Gasteiger partial charge in [0.2, 0.25) is 0 Å². The number of carbonyl (C=O) groups is 1. The molecule has 1 saturated heterocycles. The summed E-state index contributed by atoms with van der Waals surface area (Å²) in [5.74, 6) is 1.63. The van der Waals surface area contributed by atoms with Gasteiger partial charge in [0.1, 0.15) is 12.4 Å². The molecule has 1 aliphatic heterocycles. The highest BCUT2D eigenvalue weighted by atomic mass is 35.5. The Bertz CT molecular complexity index is 1250. The zero-order valence-electron chi connectivity index (χ0n) is 23.9. The third-order valence-corrected chi connectivity index (χ3v) is 9.58. The van der Waals surface area contributed by atoms with Crippen LogP contribution >= 0.6 is 11.6 Å². The van der Waals surface area contributed by atoms with Gasteiger partial charge in [-0.15, -0.1) is 0 Å². The van der Waals surface area contributed by atoms with Gasteiger partial charge in [-0.1, -0.05) is 74.0 Å². The van der Waals surface area contributed by atoms with Gasteiger partial charge in [0, 0.05) is 11.6 Å². The second-order valence-electron chi connectivity index (χ2n) is 11.8. The third-order valence-electron chi connectivity index (χ3n) is 9.25. The van der Waals surface area contributed by atoms with Crippen molar-refractivity contribution in [2.45, 2.75) is 77.2 Å². The van der Waals surface area contributed by atoms with Crippen LogP contribution in [0.4, 0.5) is 0 Å². The van der Waals surface area contributed by atoms with E-state index in [0.717, 1.165) is 85.4 Å². The Kier molecular flexibility index (Phi) is 9.98. The summed E-state index contributed by atoms with van der Waals surface area (Å²) in [6.07, 6.45) is 14.1. The first-order chi connectivity index (χ1) is 19.6. The second-order valence-corrected chi connectivity index (χ2v) is 12.2. The van der Waals surface area contributed by atoms with E-state index in [1.54, 1.807) is 13.3 Å². The molecule has 3 aromatic rings. The maximum Gasteiger partial charge on any atom is 0.312 e. The van der Waals surface area contributed by atoms with Crippen LogP contribution in [-0.4, -0.2) is 42.6 Å². The molecule has 6 heteroatoms. The monoisotopic (exact) mass is 562 g/mol. The van der Waals surface area contributed by atoms with Crippen molar-refractivity contribution in [3.63, 3.8) is 0 Å². The van der Waals surface area contributed by atoms with E-state index in [2.05, 4.69) is 9.88 Å². The minimum atomic E-state index is -0.455. The first-order valence-corrected chi connectivity index (χ1v) is 15.5. The van der Waals surface area contributed by atoms with Crippen LogP contribution in [-0.2, 0) is 22.6 Å². The molecule has 2 heterocycles. The van der Waals surface area contributed by atoms with Crippen molar-refractivity contribution in [2.24, 2.45) is 11.3 Å².